The van der Waals surface area contributed by atoms with Crippen LogP contribution in [-0.2, 0) is 0 Å². The highest BCUT2D eigenvalue weighted by molar-refractivity contribution is 7.98. The number of hydrogen-bond acceptors (Lipinski definition) is 4. The third-order valence-electron chi connectivity index (χ3n) is 5.19. The fourth-order valence-corrected chi connectivity index (χ4v) is 4.05. The molecule has 0 unspecified atom stereocenters. The number of hydrogen-bond donors (Lipinski definition) is 0. The van der Waals surface area contributed by atoms with Gasteiger partial charge in [-0.15, -0.1) is 0 Å². The van der Waals surface area contributed by atoms with Crippen LogP contribution in [0.3, 0.4) is 0 Å². The molecule has 2 aliphatic rings. The van der Waals surface area contributed by atoms with Crippen molar-refractivity contribution in [1.82, 2.24) is 5.01 Å². The first-order valence-electron chi connectivity index (χ1n) is 8.85. The van der Waals surface area contributed by atoms with Crippen LogP contribution >= 0.6 is 11.8 Å². The highest BCUT2D eigenvalue weighted by Gasteiger charge is 2.39. The zero-order valence-corrected chi connectivity index (χ0v) is 15.8. The highest BCUT2D eigenvalue weighted by atomic mass is 32.2. The van der Waals surface area contributed by atoms with E-state index in [1.54, 1.807) is 0 Å². The molecule has 2 atom stereocenters. The van der Waals surface area contributed by atoms with E-state index in [1.807, 2.05) is 11.8 Å². The summed E-state index contributed by atoms with van der Waals surface area (Å²) in [6, 6.07) is 15.4. The average molecular weight is 353 g/mol. The molecule has 2 aromatic rings. The van der Waals surface area contributed by atoms with Crippen molar-refractivity contribution in [2.45, 2.75) is 39.0 Å². The van der Waals surface area contributed by atoms with E-state index in [1.165, 1.54) is 28.0 Å². The summed E-state index contributed by atoms with van der Waals surface area (Å²) in [5, 5.41) is 7.20. The van der Waals surface area contributed by atoms with Gasteiger partial charge in [0.05, 0.1) is 11.8 Å². The van der Waals surface area contributed by atoms with Crippen molar-refractivity contribution in [3.05, 3.63) is 64.7 Å². The number of para-hydroxylation sites is 1. The van der Waals surface area contributed by atoms with Gasteiger partial charge in [-0.2, -0.15) is 16.9 Å². The third kappa shape index (κ3) is 3.04. The van der Waals surface area contributed by atoms with Crippen LogP contribution in [0.5, 0.6) is 5.75 Å². The fraction of sp³-hybridized carbons (Fsp3) is 0.381. The molecule has 0 saturated heterocycles. The van der Waals surface area contributed by atoms with E-state index in [9.17, 15) is 0 Å². The van der Waals surface area contributed by atoms with E-state index in [-0.39, 0.29) is 12.3 Å². The van der Waals surface area contributed by atoms with Gasteiger partial charge in [-0.1, -0.05) is 30.3 Å². The van der Waals surface area contributed by atoms with Crippen molar-refractivity contribution in [3.63, 3.8) is 0 Å². The molecule has 4 rings (SSSR count). The Morgan fingerprint density at radius 3 is 2.80 bits per heavy atom. The molecule has 0 spiro atoms. The number of nitrogens with zero attached hydrogens (tertiary/aromatic N) is 2. The standard InChI is InChI=1S/C21H24N2OS/c1-14-8-9-16(12-15(14)2)18-13-19-17-6-4-5-7-20(17)24-21(10-11-25-3)23(19)22-18/h4-9,12,19,21H,10-11,13H2,1-3H3/t19-,21+/m0/s1. The molecule has 2 aromatic carbocycles. The van der Waals surface area contributed by atoms with Crippen molar-refractivity contribution < 1.29 is 4.74 Å². The Balaban J connectivity index is 1.69. The van der Waals surface area contributed by atoms with Gasteiger partial charge in [0.15, 0.2) is 6.23 Å². The largest absolute Gasteiger partial charge is 0.469 e. The molecule has 0 radical (unpaired) electrons. The maximum Gasteiger partial charge on any atom is 0.188 e. The van der Waals surface area contributed by atoms with E-state index in [2.05, 4.69) is 67.6 Å². The first-order valence-corrected chi connectivity index (χ1v) is 10.2. The molecule has 0 saturated carbocycles. The summed E-state index contributed by atoms with van der Waals surface area (Å²) < 4.78 is 6.28. The Morgan fingerprint density at radius 2 is 2.00 bits per heavy atom. The second-order valence-corrected chi connectivity index (χ2v) is 7.82. The van der Waals surface area contributed by atoms with Gasteiger partial charge in [0.2, 0.25) is 0 Å². The quantitative estimate of drug-likeness (QED) is 0.780. The van der Waals surface area contributed by atoms with Gasteiger partial charge in [-0.3, -0.25) is 5.01 Å². The fourth-order valence-electron chi connectivity index (χ4n) is 3.61. The number of hydrazone groups is 1. The van der Waals surface area contributed by atoms with Crippen LogP contribution in [0.25, 0.3) is 0 Å². The van der Waals surface area contributed by atoms with Crippen molar-refractivity contribution in [3.8, 4) is 5.75 Å². The van der Waals surface area contributed by atoms with Crippen molar-refractivity contribution in [2.75, 3.05) is 12.0 Å². The molecule has 0 fully saturated rings. The average Bonchev–Trinajstić information content (AvgIpc) is 3.08. The summed E-state index contributed by atoms with van der Waals surface area (Å²) in [5.74, 6) is 2.09. The van der Waals surface area contributed by atoms with E-state index in [4.69, 9.17) is 9.84 Å². The van der Waals surface area contributed by atoms with Gasteiger partial charge in [0.25, 0.3) is 0 Å². The van der Waals surface area contributed by atoms with E-state index in [0.717, 1.165) is 24.3 Å². The smallest absolute Gasteiger partial charge is 0.188 e. The van der Waals surface area contributed by atoms with Crippen LogP contribution in [0.1, 0.15) is 41.1 Å². The number of ether oxygens (including phenoxy) is 1. The Kier molecular flexibility index (Phi) is 4.46. The van der Waals surface area contributed by atoms with Crippen LogP contribution in [0.2, 0.25) is 0 Å². The Morgan fingerprint density at radius 1 is 1.16 bits per heavy atom. The molecule has 0 bridgehead atoms. The summed E-state index contributed by atoms with van der Waals surface area (Å²) in [4.78, 5) is 0. The Labute approximate surface area is 154 Å². The number of fused-ring (bicyclic) bond motifs is 3. The van der Waals surface area contributed by atoms with Gasteiger partial charge < -0.3 is 4.74 Å². The zero-order chi connectivity index (χ0) is 17.4. The second kappa shape index (κ2) is 6.75. The lowest BCUT2D eigenvalue weighted by molar-refractivity contribution is -0.0180. The molecule has 0 aromatic heterocycles. The summed E-state index contributed by atoms with van der Waals surface area (Å²) in [5.41, 5.74) is 6.30. The minimum Gasteiger partial charge on any atom is -0.469 e. The van der Waals surface area contributed by atoms with Crippen molar-refractivity contribution in [1.29, 1.82) is 0 Å². The number of thioether (sulfide) groups is 1. The molecule has 3 nitrogen and oxygen atoms in total. The predicted molar refractivity (Wildman–Crippen MR) is 106 cm³/mol. The second-order valence-electron chi connectivity index (χ2n) is 6.84. The molecule has 0 N–H and O–H groups in total. The lowest BCUT2D eigenvalue weighted by Gasteiger charge is -2.38. The molecule has 4 heteroatoms. The SMILES string of the molecule is CSCC[C@H]1Oc2ccccc2[C@@H]2CC(c3ccc(C)c(C)c3)=NN12. The van der Waals surface area contributed by atoms with E-state index in [0.29, 0.717) is 0 Å². The van der Waals surface area contributed by atoms with Crippen LogP contribution in [0.4, 0.5) is 0 Å². The Hall–Kier alpha value is -1.94. The highest BCUT2D eigenvalue weighted by Crippen LogP contribution is 2.43. The number of rotatable bonds is 4. The first kappa shape index (κ1) is 16.5. The maximum atomic E-state index is 6.28. The van der Waals surface area contributed by atoms with Crippen LogP contribution < -0.4 is 4.74 Å². The summed E-state index contributed by atoms with van der Waals surface area (Å²) in [6.45, 7) is 4.32. The zero-order valence-electron chi connectivity index (χ0n) is 15.0. The van der Waals surface area contributed by atoms with Crippen molar-refractivity contribution in [2.24, 2.45) is 5.10 Å². The van der Waals surface area contributed by atoms with Gasteiger partial charge in [-0.05, 0) is 54.7 Å². The molecule has 130 valence electrons. The molecule has 0 amide bonds. The summed E-state index contributed by atoms with van der Waals surface area (Å²) in [6.07, 6.45) is 4.09. The van der Waals surface area contributed by atoms with Crippen LogP contribution in [-0.4, -0.2) is 29.0 Å². The normalized spacial score (nSPS) is 21.4. The predicted octanol–water partition coefficient (Wildman–Crippen LogP) is 4.93. The minimum atomic E-state index is 0.0244. The topological polar surface area (TPSA) is 24.8 Å². The summed E-state index contributed by atoms with van der Waals surface area (Å²) >= 11 is 1.86. The first-order chi connectivity index (χ1) is 12.2. The molecular formula is C21H24N2OS. The van der Waals surface area contributed by atoms with Crippen molar-refractivity contribution >= 4 is 17.5 Å². The lowest BCUT2D eigenvalue weighted by atomic mass is 9.95. The number of aryl methyl sites for hydroxylation is 2. The summed E-state index contributed by atoms with van der Waals surface area (Å²) in [7, 11) is 0. The lowest BCUT2D eigenvalue weighted by Crippen LogP contribution is -2.40. The molecule has 2 aliphatic heterocycles. The molecular weight excluding hydrogens is 328 g/mol. The van der Waals surface area contributed by atoms with Crippen LogP contribution in [0, 0.1) is 13.8 Å². The molecule has 25 heavy (non-hydrogen) atoms. The van der Waals surface area contributed by atoms with E-state index >= 15 is 0 Å². The van der Waals surface area contributed by atoms with Crippen LogP contribution in [0.15, 0.2) is 47.6 Å². The Bertz CT molecular complexity index is 817. The van der Waals surface area contributed by atoms with Gasteiger partial charge in [0.1, 0.15) is 5.75 Å². The monoisotopic (exact) mass is 352 g/mol. The van der Waals surface area contributed by atoms with Gasteiger partial charge in [-0.25, -0.2) is 0 Å². The third-order valence-corrected chi connectivity index (χ3v) is 5.83. The maximum absolute atomic E-state index is 6.28. The van der Waals surface area contributed by atoms with Gasteiger partial charge in [0, 0.05) is 18.4 Å². The van der Waals surface area contributed by atoms with E-state index < -0.39 is 0 Å². The number of benzene rings is 2. The molecule has 2 heterocycles. The minimum absolute atomic E-state index is 0.0244. The molecule has 0 aliphatic carbocycles. The van der Waals surface area contributed by atoms with Gasteiger partial charge >= 0.3 is 0 Å².